The summed E-state index contributed by atoms with van der Waals surface area (Å²) in [5, 5.41) is 15.1. The number of amides is 4. The van der Waals surface area contributed by atoms with Crippen LogP contribution < -0.4 is 24.8 Å². The van der Waals surface area contributed by atoms with E-state index in [4.69, 9.17) is 24.2 Å². The molecule has 0 radical (unpaired) electrons. The number of hydrogen-bond acceptors (Lipinski definition) is 11. The molecule has 0 unspecified atom stereocenters. The molecule has 306 valence electrons. The van der Waals surface area contributed by atoms with E-state index in [0.29, 0.717) is 41.7 Å². The number of aromatic nitrogens is 2. The van der Waals surface area contributed by atoms with Crippen LogP contribution in [0.1, 0.15) is 77.3 Å². The Hall–Kier alpha value is -4.58. The number of nitrogens with zero attached hydrogens (tertiary/aromatic N) is 3. The first-order valence-corrected chi connectivity index (χ1v) is 20.5. The highest BCUT2D eigenvalue weighted by Crippen LogP contribution is 2.48. The second kappa shape index (κ2) is 16.1. The fourth-order valence-corrected chi connectivity index (χ4v) is 9.28. The number of carbonyl (C=O) groups excluding carboxylic acids is 3. The van der Waals surface area contributed by atoms with Crippen molar-refractivity contribution in [2.45, 2.75) is 100 Å². The summed E-state index contributed by atoms with van der Waals surface area (Å²) in [4.78, 5) is 66.0. The SMILES string of the molecule is COC[C@@H]1C[C@H](C)CCC=C[C@@H]2C[C@@]2(C(=O)NS(=O)(=O)C2(CF)CC2)NC(=O)[C@@H]2C[C@@H](Oc3nc4cc(OC)ccc4nc3C(C)C)CN2C(=O)[C@H]1NC(=O)O. The minimum atomic E-state index is -4.41. The van der Waals surface area contributed by atoms with Gasteiger partial charge >= 0.3 is 6.09 Å². The lowest BCUT2D eigenvalue weighted by Crippen LogP contribution is -2.60. The first-order chi connectivity index (χ1) is 26.6. The standard InChI is InChI=1S/C38H51FN6O10S/c1-21(2)30-33(41-28-15-25(54-5)10-11-27(28)40-30)55-26-16-29-32(46)43-38(35(48)44-56(51,52)37(20-39)12-13-37)17-24(38)9-7-6-8-22(3)14-23(19-53-4)31(42-36(49)50)34(47)45(29)18-26/h7,9-11,15,21-24,26,29,31,42H,6,8,12-14,16-20H2,1-5H3,(H,43,46)(H,44,48)(H,49,50)/t22-,23+,24-,26-,29+,31+,38-/m1/s1. The molecule has 6 rings (SSSR count). The molecular formula is C38H51FN6O10S. The van der Waals surface area contributed by atoms with Gasteiger partial charge in [0.1, 0.15) is 46.6 Å². The number of rotatable bonds is 11. The van der Waals surface area contributed by atoms with Crippen LogP contribution in [0.3, 0.4) is 0 Å². The van der Waals surface area contributed by atoms with Crippen LogP contribution in [-0.4, -0.2) is 115 Å². The Kier molecular flexibility index (Phi) is 11.8. The molecule has 16 nitrogen and oxygen atoms in total. The molecular weight excluding hydrogens is 752 g/mol. The minimum absolute atomic E-state index is 0.00780. The average Bonchev–Trinajstić information content (AvgIpc) is 4.05. The third-order valence-electron chi connectivity index (χ3n) is 11.4. The number of fused-ring (bicyclic) bond motifs is 3. The number of allylic oxidation sites excluding steroid dienone is 1. The number of hydrogen-bond donors (Lipinski definition) is 4. The second-order valence-corrected chi connectivity index (χ2v) is 18.0. The van der Waals surface area contributed by atoms with E-state index in [1.807, 2.05) is 26.8 Å². The molecule has 3 heterocycles. The summed E-state index contributed by atoms with van der Waals surface area (Å²) in [6.45, 7) is 4.57. The third kappa shape index (κ3) is 8.26. The summed E-state index contributed by atoms with van der Waals surface area (Å²) in [6, 6.07) is 2.66. The van der Waals surface area contributed by atoms with E-state index in [9.17, 15) is 37.1 Å². The van der Waals surface area contributed by atoms with Crippen molar-refractivity contribution in [3.8, 4) is 11.6 Å². The average molecular weight is 803 g/mol. The molecule has 2 aliphatic heterocycles. The molecule has 7 atom stereocenters. The van der Waals surface area contributed by atoms with Gasteiger partial charge in [0.15, 0.2) is 0 Å². The maximum atomic E-state index is 14.7. The minimum Gasteiger partial charge on any atom is -0.497 e. The Morgan fingerprint density at radius 2 is 1.89 bits per heavy atom. The number of ether oxygens (including phenoxy) is 3. The molecule has 4 amide bonds. The molecule has 18 heteroatoms. The van der Waals surface area contributed by atoms with Crippen molar-refractivity contribution in [3.05, 3.63) is 36.0 Å². The van der Waals surface area contributed by atoms with Gasteiger partial charge in [0.25, 0.3) is 5.91 Å². The van der Waals surface area contributed by atoms with Gasteiger partial charge in [-0.2, -0.15) is 0 Å². The van der Waals surface area contributed by atoms with E-state index in [1.165, 1.54) is 19.1 Å². The number of alkyl halides is 1. The molecule has 3 fully saturated rings. The van der Waals surface area contributed by atoms with Gasteiger partial charge < -0.3 is 34.9 Å². The van der Waals surface area contributed by atoms with E-state index in [0.717, 1.165) is 0 Å². The lowest BCUT2D eigenvalue weighted by Gasteiger charge is -2.33. The van der Waals surface area contributed by atoms with Crippen LogP contribution in [-0.2, 0) is 29.1 Å². The van der Waals surface area contributed by atoms with Crippen molar-refractivity contribution in [2.75, 3.05) is 34.0 Å². The van der Waals surface area contributed by atoms with E-state index in [-0.39, 0.29) is 56.6 Å². The Bertz CT molecular complexity index is 1990. The smallest absolute Gasteiger partial charge is 0.405 e. The molecule has 1 saturated heterocycles. The number of nitrogens with one attached hydrogen (secondary N) is 3. The third-order valence-corrected chi connectivity index (χ3v) is 13.6. The molecule has 2 aromatic rings. The zero-order chi connectivity index (χ0) is 40.6. The van der Waals surface area contributed by atoms with Gasteiger partial charge in [0.2, 0.25) is 27.7 Å². The van der Waals surface area contributed by atoms with Gasteiger partial charge in [0, 0.05) is 37.4 Å². The maximum Gasteiger partial charge on any atom is 0.405 e. The fourth-order valence-electron chi connectivity index (χ4n) is 7.86. The highest BCUT2D eigenvalue weighted by molar-refractivity contribution is 7.91. The van der Waals surface area contributed by atoms with E-state index in [1.54, 1.807) is 24.3 Å². The molecule has 0 spiro atoms. The molecule has 4 aliphatic rings. The highest BCUT2D eigenvalue weighted by Gasteiger charge is 2.64. The number of carboxylic acid groups (broad SMARTS) is 1. The quantitative estimate of drug-likeness (QED) is 0.241. The maximum absolute atomic E-state index is 14.7. The normalized spacial score (nSPS) is 29.0. The predicted molar refractivity (Wildman–Crippen MR) is 201 cm³/mol. The van der Waals surface area contributed by atoms with Crippen LogP contribution in [0, 0.1) is 17.8 Å². The van der Waals surface area contributed by atoms with E-state index < -0.39 is 80.8 Å². The van der Waals surface area contributed by atoms with E-state index in [2.05, 4.69) is 15.4 Å². The van der Waals surface area contributed by atoms with Crippen molar-refractivity contribution < 1.29 is 51.3 Å². The first kappa shape index (κ1) is 41.1. The van der Waals surface area contributed by atoms with Crippen LogP contribution >= 0.6 is 0 Å². The number of benzene rings is 1. The van der Waals surface area contributed by atoms with Crippen LogP contribution in [0.25, 0.3) is 11.0 Å². The van der Waals surface area contributed by atoms with Gasteiger partial charge in [-0.05, 0) is 56.6 Å². The molecule has 2 saturated carbocycles. The van der Waals surface area contributed by atoms with Crippen molar-refractivity contribution in [2.24, 2.45) is 17.8 Å². The van der Waals surface area contributed by atoms with Crippen LogP contribution in [0.4, 0.5) is 9.18 Å². The van der Waals surface area contributed by atoms with Crippen molar-refractivity contribution in [1.29, 1.82) is 0 Å². The molecule has 0 bridgehead atoms. The lowest BCUT2D eigenvalue weighted by atomic mass is 9.87. The van der Waals surface area contributed by atoms with Crippen molar-refractivity contribution in [3.63, 3.8) is 0 Å². The molecule has 4 N–H and O–H groups in total. The Morgan fingerprint density at radius 1 is 1.14 bits per heavy atom. The zero-order valence-electron chi connectivity index (χ0n) is 32.2. The number of sulfonamides is 1. The topological polar surface area (TPSA) is 215 Å². The summed E-state index contributed by atoms with van der Waals surface area (Å²) in [6.07, 6.45) is 3.11. The summed E-state index contributed by atoms with van der Waals surface area (Å²) in [5.74, 6) is -3.02. The Balaban J connectivity index is 1.38. The second-order valence-electron chi connectivity index (χ2n) is 15.9. The summed E-state index contributed by atoms with van der Waals surface area (Å²) >= 11 is 0. The Labute approximate surface area is 325 Å². The van der Waals surface area contributed by atoms with Gasteiger partial charge in [-0.25, -0.2) is 27.6 Å². The van der Waals surface area contributed by atoms with Crippen molar-refractivity contribution >= 4 is 44.9 Å². The van der Waals surface area contributed by atoms with Crippen LogP contribution in [0.15, 0.2) is 30.4 Å². The first-order valence-electron chi connectivity index (χ1n) is 19.0. The van der Waals surface area contributed by atoms with Gasteiger partial charge in [-0.15, -0.1) is 0 Å². The monoisotopic (exact) mass is 802 g/mol. The van der Waals surface area contributed by atoms with Crippen LogP contribution in [0.2, 0.25) is 0 Å². The molecule has 1 aromatic carbocycles. The van der Waals surface area contributed by atoms with Gasteiger partial charge in [0.05, 0.1) is 31.3 Å². The number of carbonyl (C=O) groups is 4. The fraction of sp³-hybridized carbons (Fsp3) is 0.632. The zero-order valence-corrected chi connectivity index (χ0v) is 33.1. The summed E-state index contributed by atoms with van der Waals surface area (Å²) < 4.78 is 57.9. The highest BCUT2D eigenvalue weighted by atomic mass is 32.2. The van der Waals surface area contributed by atoms with Gasteiger partial charge in [-0.3, -0.25) is 19.1 Å². The lowest BCUT2D eigenvalue weighted by molar-refractivity contribution is -0.142. The summed E-state index contributed by atoms with van der Waals surface area (Å²) in [5.41, 5.74) is -0.0655. The molecule has 56 heavy (non-hydrogen) atoms. The Morgan fingerprint density at radius 3 is 2.54 bits per heavy atom. The molecule has 1 aromatic heterocycles. The number of methoxy groups -OCH3 is 2. The van der Waals surface area contributed by atoms with E-state index >= 15 is 0 Å². The predicted octanol–water partition coefficient (Wildman–Crippen LogP) is 3.21. The largest absolute Gasteiger partial charge is 0.497 e. The van der Waals surface area contributed by atoms with Gasteiger partial charge in [-0.1, -0.05) is 32.9 Å². The van der Waals surface area contributed by atoms with Crippen LogP contribution in [0.5, 0.6) is 11.6 Å². The summed E-state index contributed by atoms with van der Waals surface area (Å²) in [7, 11) is -1.42. The molecule has 2 aliphatic carbocycles. The van der Waals surface area contributed by atoms with Crippen molar-refractivity contribution in [1.82, 2.24) is 30.2 Å². The number of halogens is 1.